The van der Waals surface area contributed by atoms with Crippen molar-refractivity contribution >= 4 is 23.0 Å². The van der Waals surface area contributed by atoms with Crippen LogP contribution in [-0.4, -0.2) is 42.9 Å². The number of carbonyl (C=O) groups excluding carboxylic acids is 1. The molecule has 5 rings (SSSR count). The fourth-order valence-electron chi connectivity index (χ4n) is 4.73. The first kappa shape index (κ1) is 28.3. The highest BCUT2D eigenvalue weighted by Crippen LogP contribution is 2.33. The van der Waals surface area contributed by atoms with Gasteiger partial charge in [0.05, 0.1) is 31.2 Å². The Hall–Kier alpha value is -3.71. The molecule has 2 aliphatic rings. The van der Waals surface area contributed by atoms with Crippen molar-refractivity contribution in [3.05, 3.63) is 89.2 Å². The molecule has 2 aliphatic heterocycles. The van der Waals surface area contributed by atoms with E-state index >= 15 is 0 Å². The third kappa shape index (κ3) is 7.45. The van der Waals surface area contributed by atoms with Crippen LogP contribution in [0.3, 0.4) is 0 Å². The fourth-order valence-corrected chi connectivity index (χ4v) is 4.73. The van der Waals surface area contributed by atoms with Gasteiger partial charge in [-0.05, 0) is 42.5 Å². The molecule has 3 aromatic rings. The van der Waals surface area contributed by atoms with Crippen LogP contribution in [0.5, 0.6) is 0 Å². The van der Waals surface area contributed by atoms with Crippen LogP contribution in [0.2, 0.25) is 0 Å². The van der Waals surface area contributed by atoms with E-state index in [0.717, 1.165) is 43.5 Å². The van der Waals surface area contributed by atoms with E-state index in [9.17, 15) is 4.79 Å². The van der Waals surface area contributed by atoms with Gasteiger partial charge in [-0.25, -0.2) is 0 Å². The highest BCUT2D eigenvalue weighted by molar-refractivity contribution is 6.15. The largest absolute Gasteiger partial charge is 0.398 e. The van der Waals surface area contributed by atoms with Crippen LogP contribution in [0.15, 0.2) is 66.9 Å². The second kappa shape index (κ2) is 13.9. The van der Waals surface area contributed by atoms with Crippen molar-refractivity contribution in [2.75, 3.05) is 36.9 Å². The van der Waals surface area contributed by atoms with E-state index in [-0.39, 0.29) is 5.91 Å². The van der Waals surface area contributed by atoms with Gasteiger partial charge in [-0.1, -0.05) is 57.7 Å². The van der Waals surface area contributed by atoms with Gasteiger partial charge in [-0.15, -0.1) is 0 Å². The second-order valence-electron chi connectivity index (χ2n) is 10.4. The lowest BCUT2D eigenvalue weighted by atomic mass is 9.84. The van der Waals surface area contributed by atoms with Crippen LogP contribution >= 0.6 is 0 Å². The van der Waals surface area contributed by atoms with Crippen LogP contribution in [0.1, 0.15) is 66.7 Å². The lowest BCUT2D eigenvalue weighted by Crippen LogP contribution is -2.54. The summed E-state index contributed by atoms with van der Waals surface area (Å²) in [5, 5.41) is 11.6. The minimum absolute atomic E-state index is 0.228. The Bertz CT molecular complexity index is 1220. The van der Waals surface area contributed by atoms with Crippen molar-refractivity contribution < 1.29 is 9.53 Å². The molecule has 7 nitrogen and oxygen atoms in total. The van der Waals surface area contributed by atoms with E-state index in [0.29, 0.717) is 35.0 Å². The van der Waals surface area contributed by atoms with Gasteiger partial charge < -0.3 is 20.7 Å². The lowest BCUT2D eigenvalue weighted by molar-refractivity contribution is -0.0659. The number of anilines is 2. The van der Waals surface area contributed by atoms with Crippen LogP contribution in [-0.2, 0) is 11.3 Å². The number of hydrogen-bond acceptors (Lipinski definition) is 6. The zero-order valence-electron chi connectivity index (χ0n) is 23.2. The maximum Gasteiger partial charge on any atom is 0.251 e. The molecule has 0 saturated carbocycles. The number of nitrogens with two attached hydrogens (primary N) is 1. The van der Waals surface area contributed by atoms with E-state index < -0.39 is 0 Å². The number of carbonyl (C=O) groups is 1. The van der Waals surface area contributed by atoms with Gasteiger partial charge in [0.2, 0.25) is 0 Å². The molecule has 4 N–H and O–H groups in total. The average molecular weight is 528 g/mol. The molecule has 0 bridgehead atoms. The summed E-state index contributed by atoms with van der Waals surface area (Å²) in [7, 11) is 0. The van der Waals surface area contributed by atoms with E-state index in [2.05, 4.69) is 41.2 Å². The van der Waals surface area contributed by atoms with Crippen LogP contribution in [0, 0.1) is 17.2 Å². The van der Waals surface area contributed by atoms with Crippen molar-refractivity contribution in [2.24, 2.45) is 11.8 Å². The summed E-state index contributed by atoms with van der Waals surface area (Å²) in [5.41, 5.74) is 10.6. The average Bonchev–Trinajstić information content (AvgIpc) is 2.92. The maximum absolute atomic E-state index is 12.6. The summed E-state index contributed by atoms with van der Waals surface area (Å²) in [6.07, 6.45) is 7.23. The van der Waals surface area contributed by atoms with Gasteiger partial charge in [-0.2, -0.15) is 0 Å². The molecule has 2 aromatic carbocycles. The van der Waals surface area contributed by atoms with Gasteiger partial charge in [0.1, 0.15) is 0 Å². The highest BCUT2D eigenvalue weighted by atomic mass is 16.5. The van der Waals surface area contributed by atoms with E-state index in [1.807, 2.05) is 30.3 Å². The number of amides is 1. The van der Waals surface area contributed by atoms with Crippen molar-refractivity contribution in [1.82, 2.24) is 10.3 Å². The van der Waals surface area contributed by atoms with Crippen molar-refractivity contribution in [3.8, 4) is 0 Å². The smallest absolute Gasteiger partial charge is 0.251 e. The zero-order valence-corrected chi connectivity index (χ0v) is 23.2. The molecule has 39 heavy (non-hydrogen) atoms. The number of aromatic nitrogens is 1. The normalized spacial score (nSPS) is 15.0. The third-order valence-corrected chi connectivity index (χ3v) is 7.46. The predicted octanol–water partition coefficient (Wildman–Crippen LogP) is 5.68. The van der Waals surface area contributed by atoms with Gasteiger partial charge in [0.15, 0.2) is 0 Å². The number of unbranched alkanes of at least 4 members (excludes halogenated alkanes) is 3. The van der Waals surface area contributed by atoms with Gasteiger partial charge in [-0.3, -0.25) is 15.2 Å². The Morgan fingerprint density at radius 1 is 1.00 bits per heavy atom. The number of nitrogens with zero attached hydrogens (tertiary/aromatic N) is 2. The van der Waals surface area contributed by atoms with Gasteiger partial charge >= 0.3 is 0 Å². The molecule has 1 amide bonds. The topological polar surface area (TPSA) is 104 Å². The van der Waals surface area contributed by atoms with Crippen molar-refractivity contribution in [1.29, 1.82) is 5.41 Å². The van der Waals surface area contributed by atoms with Crippen LogP contribution in [0.25, 0.3) is 0 Å². The quantitative estimate of drug-likeness (QED) is 0.179. The number of nitrogen functional groups attached to an aromatic ring is 1. The summed E-state index contributed by atoms with van der Waals surface area (Å²) in [6, 6.07) is 18.6. The number of hydrogen-bond donors (Lipinski definition) is 3. The number of benzene rings is 2. The predicted molar refractivity (Wildman–Crippen MR) is 158 cm³/mol. The lowest BCUT2D eigenvalue weighted by Gasteiger charge is -2.47. The molecule has 3 heterocycles. The Morgan fingerprint density at radius 2 is 1.69 bits per heavy atom. The Labute approximate surface area is 232 Å². The minimum Gasteiger partial charge on any atom is -0.398 e. The summed E-state index contributed by atoms with van der Waals surface area (Å²) in [5.74, 6) is 1.21. The Balaban J connectivity index is 0.000000531. The molecule has 0 aliphatic carbocycles. The first-order valence-electron chi connectivity index (χ1n) is 14.1. The molecule has 0 radical (unpaired) electrons. The second-order valence-corrected chi connectivity index (χ2v) is 10.4. The summed E-state index contributed by atoms with van der Waals surface area (Å²) < 4.78 is 5.30. The molecule has 2 fully saturated rings. The molecule has 1 aromatic heterocycles. The van der Waals surface area contributed by atoms with Crippen LogP contribution < -0.4 is 16.0 Å². The Morgan fingerprint density at radius 3 is 2.28 bits per heavy atom. The minimum atomic E-state index is -0.228. The standard InChI is InChI=1S/C26H27N5O2.C6H14/c27-24-9-6-18(26(32)30-12-21-3-1-2-10-29-21)11-23(24)25(28)17-4-7-22(8-5-17)31-13-19(14-31)20-15-33-16-20;1-3-5-6-4-2/h1-11,19-20,28H,12-16,27H2,(H,30,32);3-6H2,1-2H3. The summed E-state index contributed by atoms with van der Waals surface area (Å²) in [4.78, 5) is 19.2. The van der Waals surface area contributed by atoms with Crippen LogP contribution in [0.4, 0.5) is 11.4 Å². The van der Waals surface area contributed by atoms with Crippen molar-refractivity contribution in [2.45, 2.75) is 46.1 Å². The zero-order chi connectivity index (χ0) is 27.6. The first-order chi connectivity index (χ1) is 19.0. The Kier molecular flexibility index (Phi) is 10.1. The number of nitrogens with one attached hydrogen (secondary N) is 2. The molecular weight excluding hydrogens is 486 g/mol. The summed E-state index contributed by atoms with van der Waals surface area (Å²) >= 11 is 0. The van der Waals surface area contributed by atoms with E-state index in [4.69, 9.17) is 15.9 Å². The van der Waals surface area contributed by atoms with E-state index in [1.54, 1.807) is 24.4 Å². The monoisotopic (exact) mass is 527 g/mol. The first-order valence-corrected chi connectivity index (χ1v) is 14.1. The molecule has 7 heteroatoms. The number of ether oxygens (including phenoxy) is 1. The van der Waals surface area contributed by atoms with Gasteiger partial charge in [0.25, 0.3) is 5.91 Å². The molecule has 0 spiro atoms. The SMILES string of the molecule is CCCCCC.N=C(c1ccc(N2CC(C3COC3)C2)cc1)c1cc(C(=O)NCc2ccccn2)ccc1N. The van der Waals surface area contributed by atoms with E-state index in [1.165, 1.54) is 31.4 Å². The summed E-state index contributed by atoms with van der Waals surface area (Å²) in [6.45, 7) is 8.72. The highest BCUT2D eigenvalue weighted by Gasteiger charge is 2.37. The molecule has 206 valence electrons. The third-order valence-electron chi connectivity index (χ3n) is 7.46. The van der Waals surface area contributed by atoms with Crippen molar-refractivity contribution in [3.63, 3.8) is 0 Å². The number of pyridine rings is 1. The number of rotatable bonds is 10. The molecular formula is C32H41N5O2. The molecule has 0 atom stereocenters. The maximum atomic E-state index is 12.6. The molecule has 0 unspecified atom stereocenters. The fraction of sp³-hybridized carbons (Fsp3) is 0.406. The van der Waals surface area contributed by atoms with Gasteiger partial charge in [0, 0.05) is 59.2 Å². The molecule has 2 saturated heterocycles.